The monoisotopic (exact) mass is 246 g/mol. The van der Waals surface area contributed by atoms with Gasteiger partial charge in [-0.25, -0.2) is 0 Å². The Morgan fingerprint density at radius 2 is 1.22 bits per heavy atom. The van der Waals surface area contributed by atoms with Crippen LogP contribution in [-0.2, 0) is 0 Å². The van der Waals surface area contributed by atoms with Crippen molar-refractivity contribution < 1.29 is 10.6 Å². The van der Waals surface area contributed by atoms with Gasteiger partial charge in [-0.05, 0) is 12.5 Å². The molecule has 0 saturated heterocycles. The smallest absolute Gasteiger partial charge is 0.0319 e. The maximum absolute atomic E-state index is 7.00. The third kappa shape index (κ3) is 9.33. The van der Waals surface area contributed by atoms with Gasteiger partial charge in [-0.2, -0.15) is 0 Å². The Balaban J connectivity index is 0. The molecule has 2 rings (SSSR count). The predicted molar refractivity (Wildman–Crippen MR) is 79.5 cm³/mol. The van der Waals surface area contributed by atoms with Gasteiger partial charge in [0, 0.05) is 7.11 Å². The van der Waals surface area contributed by atoms with Crippen LogP contribution in [0.1, 0.15) is 11.1 Å². The molecule has 2 aromatic carbocycles. The molecule has 18 heavy (non-hydrogen) atoms. The Labute approximate surface area is 110 Å². The Bertz CT molecular complexity index is 382. The van der Waals surface area contributed by atoms with Gasteiger partial charge in [0.05, 0.1) is 0 Å². The summed E-state index contributed by atoms with van der Waals surface area (Å²) < 4.78 is 0. The van der Waals surface area contributed by atoms with E-state index in [1.165, 1.54) is 11.1 Å². The highest BCUT2D eigenvalue weighted by molar-refractivity contribution is 5.45. The van der Waals surface area contributed by atoms with E-state index in [1.807, 2.05) is 54.6 Å². The first-order chi connectivity index (χ1) is 8.33. The lowest BCUT2D eigenvalue weighted by atomic mass is 10.2. The van der Waals surface area contributed by atoms with Crippen LogP contribution in [0.25, 0.3) is 6.08 Å². The number of aryl methyl sites for hydroxylation is 1. The molecule has 0 saturated carbocycles. The van der Waals surface area contributed by atoms with Crippen molar-refractivity contribution >= 4 is 6.08 Å². The second-order valence-corrected chi connectivity index (χ2v) is 3.27. The lowest BCUT2D eigenvalue weighted by Crippen LogP contribution is -1.63. The van der Waals surface area contributed by atoms with Crippen molar-refractivity contribution in [1.82, 2.24) is 0 Å². The molecule has 2 aromatic rings. The van der Waals surface area contributed by atoms with Gasteiger partial charge in [-0.15, -0.1) is 0 Å². The highest BCUT2D eigenvalue weighted by atomic mass is 16.2. The molecular formula is C16H22O2. The van der Waals surface area contributed by atoms with Gasteiger partial charge in [0.15, 0.2) is 0 Å². The van der Waals surface area contributed by atoms with Crippen molar-refractivity contribution in [1.29, 1.82) is 0 Å². The Morgan fingerprint density at radius 3 is 1.44 bits per heavy atom. The van der Waals surface area contributed by atoms with E-state index < -0.39 is 0 Å². The summed E-state index contributed by atoms with van der Waals surface area (Å²) in [5.74, 6) is 0. The standard InChI is InChI=1S/C8H8.C7H8.CH4O.H2O/c1-2-8-6-4-3-5-7-8;1-7-5-3-2-4-6-7;1-2;/h2-7H,1H2;2-6H,1H3;2H,1H3;1H2. The molecule has 0 bridgehead atoms. The first-order valence-corrected chi connectivity index (χ1v) is 5.47. The van der Waals surface area contributed by atoms with Crippen molar-refractivity contribution in [3.05, 3.63) is 78.4 Å². The molecule has 0 heterocycles. The molecule has 3 N–H and O–H groups in total. The minimum Gasteiger partial charge on any atom is -0.412 e. The summed E-state index contributed by atoms with van der Waals surface area (Å²) in [6.07, 6.45) is 1.83. The maximum atomic E-state index is 7.00. The minimum absolute atomic E-state index is 0. The second-order valence-electron chi connectivity index (χ2n) is 3.27. The fourth-order valence-electron chi connectivity index (χ4n) is 1.12. The summed E-state index contributed by atoms with van der Waals surface area (Å²) in [6.45, 7) is 5.71. The largest absolute Gasteiger partial charge is 0.412 e. The van der Waals surface area contributed by atoms with Gasteiger partial charge in [0.1, 0.15) is 0 Å². The van der Waals surface area contributed by atoms with Crippen LogP contribution in [0, 0.1) is 6.92 Å². The fourth-order valence-corrected chi connectivity index (χ4v) is 1.12. The SMILES string of the molecule is C=Cc1ccccc1.CO.Cc1ccccc1.O. The van der Waals surface area contributed by atoms with Crippen LogP contribution >= 0.6 is 0 Å². The van der Waals surface area contributed by atoms with Gasteiger partial charge < -0.3 is 10.6 Å². The molecule has 0 aliphatic carbocycles. The molecule has 0 aliphatic rings. The Hall–Kier alpha value is -1.90. The van der Waals surface area contributed by atoms with E-state index in [1.54, 1.807) is 0 Å². The van der Waals surface area contributed by atoms with Crippen molar-refractivity contribution in [2.45, 2.75) is 6.92 Å². The normalized spacial score (nSPS) is 7.50. The minimum atomic E-state index is 0. The molecule has 0 fully saturated rings. The summed E-state index contributed by atoms with van der Waals surface area (Å²) in [5, 5.41) is 7.00. The van der Waals surface area contributed by atoms with Crippen LogP contribution in [0.5, 0.6) is 0 Å². The third-order valence-corrected chi connectivity index (χ3v) is 1.98. The van der Waals surface area contributed by atoms with Crippen molar-refractivity contribution in [3.63, 3.8) is 0 Å². The molecule has 98 valence electrons. The zero-order valence-electron chi connectivity index (χ0n) is 11.0. The summed E-state index contributed by atoms with van der Waals surface area (Å²) in [6, 6.07) is 20.3. The van der Waals surface area contributed by atoms with Gasteiger partial charge in [0.2, 0.25) is 0 Å². The fraction of sp³-hybridized carbons (Fsp3) is 0.125. The Morgan fingerprint density at radius 1 is 0.833 bits per heavy atom. The maximum Gasteiger partial charge on any atom is 0.0319 e. The van der Waals surface area contributed by atoms with Crippen molar-refractivity contribution in [2.24, 2.45) is 0 Å². The van der Waals surface area contributed by atoms with E-state index in [0.717, 1.165) is 7.11 Å². The molecule has 0 aromatic heterocycles. The first-order valence-electron chi connectivity index (χ1n) is 5.47. The summed E-state index contributed by atoms with van der Waals surface area (Å²) in [4.78, 5) is 0. The number of benzene rings is 2. The van der Waals surface area contributed by atoms with Crippen LogP contribution in [-0.4, -0.2) is 17.7 Å². The molecule has 0 spiro atoms. The van der Waals surface area contributed by atoms with Crippen LogP contribution in [0.3, 0.4) is 0 Å². The molecule has 0 aliphatic heterocycles. The average Bonchev–Trinajstić information content (AvgIpc) is 2.43. The second kappa shape index (κ2) is 13.2. The lowest BCUT2D eigenvalue weighted by Gasteiger charge is -1.85. The number of rotatable bonds is 1. The van der Waals surface area contributed by atoms with Crippen molar-refractivity contribution in [2.75, 3.05) is 7.11 Å². The van der Waals surface area contributed by atoms with E-state index in [4.69, 9.17) is 5.11 Å². The summed E-state index contributed by atoms with van der Waals surface area (Å²) in [7, 11) is 1.00. The molecule has 0 atom stereocenters. The third-order valence-electron chi connectivity index (χ3n) is 1.98. The van der Waals surface area contributed by atoms with Gasteiger partial charge in [0.25, 0.3) is 0 Å². The van der Waals surface area contributed by atoms with E-state index in [2.05, 4.69) is 25.6 Å². The van der Waals surface area contributed by atoms with E-state index in [-0.39, 0.29) is 5.48 Å². The van der Waals surface area contributed by atoms with Crippen LogP contribution in [0.4, 0.5) is 0 Å². The Kier molecular flexibility index (Phi) is 13.5. The highest BCUT2D eigenvalue weighted by Gasteiger charge is 1.75. The number of aliphatic hydroxyl groups is 1. The van der Waals surface area contributed by atoms with E-state index in [0.29, 0.717) is 0 Å². The summed E-state index contributed by atoms with van der Waals surface area (Å²) in [5.41, 5.74) is 2.50. The number of hydrogen-bond acceptors (Lipinski definition) is 1. The zero-order valence-corrected chi connectivity index (χ0v) is 11.0. The van der Waals surface area contributed by atoms with Gasteiger partial charge in [-0.1, -0.05) is 78.9 Å². The van der Waals surface area contributed by atoms with E-state index >= 15 is 0 Å². The quantitative estimate of drug-likeness (QED) is 0.825. The van der Waals surface area contributed by atoms with Gasteiger partial charge >= 0.3 is 0 Å². The van der Waals surface area contributed by atoms with Crippen LogP contribution in [0.2, 0.25) is 0 Å². The van der Waals surface area contributed by atoms with Gasteiger partial charge in [-0.3, -0.25) is 0 Å². The van der Waals surface area contributed by atoms with Crippen LogP contribution < -0.4 is 0 Å². The van der Waals surface area contributed by atoms with E-state index in [9.17, 15) is 0 Å². The summed E-state index contributed by atoms with van der Waals surface area (Å²) >= 11 is 0. The first kappa shape index (κ1) is 18.5. The molecular weight excluding hydrogens is 224 g/mol. The molecule has 2 nitrogen and oxygen atoms in total. The zero-order chi connectivity index (χ0) is 12.9. The molecule has 2 heteroatoms. The topological polar surface area (TPSA) is 51.7 Å². The number of aliphatic hydroxyl groups excluding tert-OH is 1. The molecule has 0 unspecified atom stereocenters. The molecule has 0 radical (unpaired) electrons. The van der Waals surface area contributed by atoms with Crippen molar-refractivity contribution in [3.8, 4) is 0 Å². The highest BCUT2D eigenvalue weighted by Crippen LogP contribution is 1.97. The predicted octanol–water partition coefficient (Wildman–Crippen LogP) is 3.11. The van der Waals surface area contributed by atoms with Crippen LogP contribution in [0.15, 0.2) is 67.2 Å². The number of hydrogen-bond donors (Lipinski definition) is 1. The molecule has 0 amide bonds. The lowest BCUT2D eigenvalue weighted by molar-refractivity contribution is 0.399. The average molecular weight is 246 g/mol.